The van der Waals surface area contributed by atoms with Crippen LogP contribution in [0.5, 0.6) is 0 Å². The van der Waals surface area contributed by atoms with E-state index in [2.05, 4.69) is 45.3 Å². The molecule has 1 fully saturated rings. The second-order valence-electron chi connectivity index (χ2n) is 6.72. The van der Waals surface area contributed by atoms with Crippen molar-refractivity contribution in [1.82, 2.24) is 26.1 Å². The normalized spacial score (nSPS) is 22.2. The zero-order valence-electron chi connectivity index (χ0n) is 15.2. The second kappa shape index (κ2) is 8.73. The molecule has 4 N–H and O–H groups in total. The van der Waals surface area contributed by atoms with Gasteiger partial charge in [0.2, 0.25) is 0 Å². The maximum atomic E-state index is 12.3. The molecule has 1 saturated heterocycles. The number of pyridine rings is 2. The number of aromatic nitrogens is 2. The van der Waals surface area contributed by atoms with Crippen molar-refractivity contribution in [2.75, 3.05) is 11.9 Å². The van der Waals surface area contributed by atoms with Gasteiger partial charge in [-0.25, -0.2) is 0 Å². The second-order valence-corrected chi connectivity index (χ2v) is 6.72. The average Bonchev–Trinajstić information content (AvgIpc) is 2.99. The van der Waals surface area contributed by atoms with Crippen molar-refractivity contribution in [2.24, 2.45) is 5.92 Å². The van der Waals surface area contributed by atoms with Crippen LogP contribution in [0.1, 0.15) is 36.3 Å². The molecule has 2 unspecified atom stereocenters. The molecule has 0 aliphatic carbocycles. The quantitative estimate of drug-likeness (QED) is 0.605. The van der Waals surface area contributed by atoms with Gasteiger partial charge in [-0.2, -0.15) is 0 Å². The van der Waals surface area contributed by atoms with Crippen LogP contribution in [0.15, 0.2) is 42.9 Å². The van der Waals surface area contributed by atoms with Crippen LogP contribution in [-0.2, 0) is 6.54 Å². The number of rotatable bonds is 7. The van der Waals surface area contributed by atoms with Gasteiger partial charge in [0.1, 0.15) is 5.69 Å². The Labute approximate surface area is 154 Å². The van der Waals surface area contributed by atoms with Gasteiger partial charge in [-0.05, 0) is 49.9 Å². The minimum Gasteiger partial charge on any atom is -0.385 e. The monoisotopic (exact) mass is 354 g/mol. The summed E-state index contributed by atoms with van der Waals surface area (Å²) in [6.45, 7) is 5.67. The minimum atomic E-state index is -0.191. The molecule has 138 valence electrons. The molecule has 7 nitrogen and oxygen atoms in total. The Morgan fingerprint density at radius 3 is 2.73 bits per heavy atom. The van der Waals surface area contributed by atoms with Gasteiger partial charge in [0, 0.05) is 49.5 Å². The molecule has 1 aliphatic heterocycles. The van der Waals surface area contributed by atoms with Crippen LogP contribution >= 0.6 is 0 Å². The maximum Gasteiger partial charge on any atom is 0.270 e. The molecule has 2 atom stereocenters. The van der Waals surface area contributed by atoms with E-state index in [0.717, 1.165) is 24.2 Å². The number of hydrogen-bond donors (Lipinski definition) is 4. The van der Waals surface area contributed by atoms with Crippen molar-refractivity contribution in [3.05, 3.63) is 54.1 Å². The van der Waals surface area contributed by atoms with E-state index < -0.39 is 0 Å². The molecular formula is C19H26N6O. The van der Waals surface area contributed by atoms with Crippen molar-refractivity contribution < 1.29 is 4.79 Å². The first-order valence-electron chi connectivity index (χ1n) is 9.01. The maximum absolute atomic E-state index is 12.3. The van der Waals surface area contributed by atoms with Crippen LogP contribution in [0.25, 0.3) is 0 Å². The Morgan fingerprint density at radius 2 is 2.00 bits per heavy atom. The number of nitrogens with one attached hydrogen (secondary N) is 4. The van der Waals surface area contributed by atoms with Gasteiger partial charge in [0.25, 0.3) is 5.91 Å². The van der Waals surface area contributed by atoms with Crippen LogP contribution in [0.2, 0.25) is 0 Å². The van der Waals surface area contributed by atoms with E-state index in [1.165, 1.54) is 0 Å². The zero-order chi connectivity index (χ0) is 18.4. The summed E-state index contributed by atoms with van der Waals surface area (Å²) in [6.07, 6.45) is 6.15. The topological polar surface area (TPSA) is 91.0 Å². The molecule has 3 rings (SSSR count). The fraction of sp³-hybridized carbons (Fsp3) is 0.421. The van der Waals surface area contributed by atoms with E-state index in [0.29, 0.717) is 30.2 Å². The Morgan fingerprint density at radius 1 is 1.19 bits per heavy atom. The van der Waals surface area contributed by atoms with Crippen LogP contribution in [0, 0.1) is 5.92 Å². The smallest absolute Gasteiger partial charge is 0.270 e. The molecule has 1 aliphatic rings. The van der Waals surface area contributed by atoms with Gasteiger partial charge in [-0.3, -0.25) is 25.6 Å². The molecule has 3 heterocycles. The molecule has 2 aromatic rings. The molecule has 26 heavy (non-hydrogen) atoms. The molecule has 0 spiro atoms. The Kier molecular flexibility index (Phi) is 6.14. The first-order valence-corrected chi connectivity index (χ1v) is 9.01. The summed E-state index contributed by atoms with van der Waals surface area (Å²) in [6, 6.07) is 8.36. The summed E-state index contributed by atoms with van der Waals surface area (Å²) >= 11 is 0. The number of hydrazine groups is 1. The standard InChI is InChI=1S/C19H26N6O/c1-13-17(14(2)25-24-13)6-9-21-16-5-8-22-18(10-16)19(26)23-12-15-4-3-7-20-11-15/h3-5,7-8,10-11,13-14,17,24-25H,6,9,12H2,1-2H3,(H,21,22)(H,23,26). The molecule has 2 aromatic heterocycles. The lowest BCUT2D eigenvalue weighted by Crippen LogP contribution is -2.30. The highest BCUT2D eigenvalue weighted by Crippen LogP contribution is 2.18. The van der Waals surface area contributed by atoms with Gasteiger partial charge in [0.05, 0.1) is 0 Å². The largest absolute Gasteiger partial charge is 0.385 e. The zero-order valence-corrected chi connectivity index (χ0v) is 15.2. The predicted octanol–water partition coefficient (Wildman–Crippen LogP) is 1.71. The highest BCUT2D eigenvalue weighted by atomic mass is 16.1. The number of nitrogens with zero attached hydrogens (tertiary/aromatic N) is 2. The summed E-state index contributed by atoms with van der Waals surface area (Å²) in [4.78, 5) is 20.5. The summed E-state index contributed by atoms with van der Waals surface area (Å²) < 4.78 is 0. The van der Waals surface area contributed by atoms with E-state index in [1.807, 2.05) is 18.2 Å². The van der Waals surface area contributed by atoms with E-state index in [-0.39, 0.29) is 5.91 Å². The summed E-state index contributed by atoms with van der Waals surface area (Å²) in [5.41, 5.74) is 8.82. The fourth-order valence-electron chi connectivity index (χ4n) is 3.23. The lowest BCUT2D eigenvalue weighted by Gasteiger charge is -2.18. The first-order chi connectivity index (χ1) is 12.6. The lowest BCUT2D eigenvalue weighted by molar-refractivity contribution is 0.0946. The third-order valence-electron chi connectivity index (χ3n) is 4.80. The number of hydrogen-bond acceptors (Lipinski definition) is 6. The van der Waals surface area contributed by atoms with Crippen molar-refractivity contribution in [2.45, 2.75) is 38.9 Å². The summed E-state index contributed by atoms with van der Waals surface area (Å²) in [5, 5.41) is 6.27. The van der Waals surface area contributed by atoms with E-state index in [1.54, 1.807) is 24.7 Å². The lowest BCUT2D eigenvalue weighted by atomic mass is 9.93. The number of carbonyl (C=O) groups excluding carboxylic acids is 1. The molecule has 7 heteroatoms. The fourth-order valence-corrected chi connectivity index (χ4v) is 3.23. The number of amides is 1. The molecular weight excluding hydrogens is 328 g/mol. The van der Waals surface area contributed by atoms with E-state index >= 15 is 0 Å². The Hall–Kier alpha value is -2.51. The first kappa shape index (κ1) is 18.3. The van der Waals surface area contributed by atoms with Gasteiger partial charge >= 0.3 is 0 Å². The van der Waals surface area contributed by atoms with Crippen molar-refractivity contribution >= 4 is 11.6 Å². The minimum absolute atomic E-state index is 0.191. The van der Waals surface area contributed by atoms with Gasteiger partial charge in [-0.1, -0.05) is 6.07 Å². The van der Waals surface area contributed by atoms with Crippen molar-refractivity contribution in [1.29, 1.82) is 0 Å². The molecule has 0 saturated carbocycles. The van der Waals surface area contributed by atoms with E-state index in [9.17, 15) is 4.79 Å². The van der Waals surface area contributed by atoms with E-state index in [4.69, 9.17) is 0 Å². The summed E-state index contributed by atoms with van der Waals surface area (Å²) in [5.74, 6) is 0.385. The average molecular weight is 354 g/mol. The molecule has 1 amide bonds. The third kappa shape index (κ3) is 4.77. The predicted molar refractivity (Wildman–Crippen MR) is 101 cm³/mol. The van der Waals surface area contributed by atoms with Crippen LogP contribution < -0.4 is 21.5 Å². The van der Waals surface area contributed by atoms with Crippen LogP contribution in [-0.4, -0.2) is 34.5 Å². The van der Waals surface area contributed by atoms with Crippen LogP contribution in [0.3, 0.4) is 0 Å². The van der Waals surface area contributed by atoms with Crippen molar-refractivity contribution in [3.63, 3.8) is 0 Å². The van der Waals surface area contributed by atoms with Gasteiger partial charge < -0.3 is 10.6 Å². The number of carbonyl (C=O) groups is 1. The molecule has 0 aromatic carbocycles. The van der Waals surface area contributed by atoms with Gasteiger partial charge in [0.15, 0.2) is 0 Å². The summed E-state index contributed by atoms with van der Waals surface area (Å²) in [7, 11) is 0. The highest BCUT2D eigenvalue weighted by molar-refractivity contribution is 5.93. The highest BCUT2D eigenvalue weighted by Gasteiger charge is 2.28. The molecule has 0 radical (unpaired) electrons. The number of anilines is 1. The van der Waals surface area contributed by atoms with Gasteiger partial charge in [-0.15, -0.1) is 0 Å². The van der Waals surface area contributed by atoms with Crippen molar-refractivity contribution in [3.8, 4) is 0 Å². The molecule has 0 bridgehead atoms. The SMILES string of the molecule is CC1NNC(C)C1CCNc1ccnc(C(=O)NCc2cccnc2)c1. The third-order valence-corrected chi connectivity index (χ3v) is 4.80. The van der Waals surface area contributed by atoms with Crippen LogP contribution in [0.4, 0.5) is 5.69 Å². The Bertz CT molecular complexity index is 713. The Balaban J connectivity index is 1.50.